The van der Waals surface area contributed by atoms with Crippen LogP contribution >= 0.6 is 15.9 Å². The normalized spacial score (nSPS) is 20.9. The van der Waals surface area contributed by atoms with Crippen LogP contribution in [-0.2, 0) is 6.42 Å². The number of hydrogen-bond acceptors (Lipinski definition) is 2. The Balaban J connectivity index is 1.72. The van der Waals surface area contributed by atoms with E-state index in [1.165, 1.54) is 31.2 Å². The number of hydrogen-bond donors (Lipinski definition) is 1. The standard InChI is InChI=1S/C15H20BrNO/c16-13-1-4-15(18-14-2-3-14)12(10-13)9-11-5-7-17-8-6-11/h1,4,10-11,14,17H,2-3,5-9H2. The van der Waals surface area contributed by atoms with Gasteiger partial charge in [0.1, 0.15) is 5.75 Å². The molecule has 3 rings (SSSR count). The van der Waals surface area contributed by atoms with Gasteiger partial charge in [-0.3, -0.25) is 0 Å². The zero-order valence-electron chi connectivity index (χ0n) is 10.6. The molecule has 1 aromatic rings. The molecule has 1 saturated heterocycles. The van der Waals surface area contributed by atoms with Gasteiger partial charge in [0.2, 0.25) is 0 Å². The molecule has 1 aliphatic carbocycles. The fourth-order valence-corrected chi connectivity index (χ4v) is 2.99. The molecule has 2 fully saturated rings. The summed E-state index contributed by atoms with van der Waals surface area (Å²) in [6.07, 6.45) is 6.66. The molecular weight excluding hydrogens is 290 g/mol. The number of benzene rings is 1. The summed E-state index contributed by atoms with van der Waals surface area (Å²) in [5, 5.41) is 3.43. The number of ether oxygens (including phenoxy) is 1. The summed E-state index contributed by atoms with van der Waals surface area (Å²) in [6, 6.07) is 6.45. The van der Waals surface area contributed by atoms with Crippen LogP contribution in [0.3, 0.4) is 0 Å². The first-order chi connectivity index (χ1) is 8.81. The first kappa shape index (κ1) is 12.5. The van der Waals surface area contributed by atoms with Gasteiger partial charge in [0.25, 0.3) is 0 Å². The van der Waals surface area contributed by atoms with Crippen LogP contribution in [0.15, 0.2) is 22.7 Å². The summed E-state index contributed by atoms with van der Waals surface area (Å²) in [5.74, 6) is 1.92. The second-order valence-electron chi connectivity index (χ2n) is 5.47. The molecule has 0 aromatic heterocycles. The van der Waals surface area contributed by atoms with E-state index in [-0.39, 0.29) is 0 Å². The van der Waals surface area contributed by atoms with Gasteiger partial charge in [-0.25, -0.2) is 0 Å². The number of halogens is 1. The van der Waals surface area contributed by atoms with E-state index in [0.717, 1.165) is 35.7 Å². The van der Waals surface area contributed by atoms with Crippen molar-refractivity contribution in [2.75, 3.05) is 13.1 Å². The maximum absolute atomic E-state index is 6.02. The largest absolute Gasteiger partial charge is 0.490 e. The summed E-state index contributed by atoms with van der Waals surface area (Å²) in [6.45, 7) is 2.33. The quantitative estimate of drug-likeness (QED) is 0.918. The summed E-state index contributed by atoms with van der Waals surface area (Å²) in [4.78, 5) is 0. The molecular formula is C15H20BrNO. The van der Waals surface area contributed by atoms with Crippen LogP contribution in [0.1, 0.15) is 31.2 Å². The molecule has 1 aromatic carbocycles. The van der Waals surface area contributed by atoms with Gasteiger partial charge in [-0.1, -0.05) is 15.9 Å². The van der Waals surface area contributed by atoms with E-state index in [1.54, 1.807) is 0 Å². The molecule has 3 heteroatoms. The lowest BCUT2D eigenvalue weighted by Crippen LogP contribution is -2.28. The van der Waals surface area contributed by atoms with Crippen LogP contribution in [-0.4, -0.2) is 19.2 Å². The van der Waals surface area contributed by atoms with E-state index in [1.807, 2.05) is 0 Å². The highest BCUT2D eigenvalue weighted by molar-refractivity contribution is 9.10. The van der Waals surface area contributed by atoms with Gasteiger partial charge in [-0.2, -0.15) is 0 Å². The molecule has 1 N–H and O–H groups in total. The van der Waals surface area contributed by atoms with E-state index >= 15 is 0 Å². The molecule has 0 spiro atoms. The molecule has 18 heavy (non-hydrogen) atoms. The first-order valence-corrected chi connectivity index (χ1v) is 7.76. The van der Waals surface area contributed by atoms with Crippen LogP contribution in [0.2, 0.25) is 0 Å². The minimum absolute atomic E-state index is 0.484. The van der Waals surface area contributed by atoms with Crippen LogP contribution in [0, 0.1) is 5.92 Å². The van der Waals surface area contributed by atoms with Gasteiger partial charge in [-0.05, 0) is 74.9 Å². The van der Waals surface area contributed by atoms with E-state index in [4.69, 9.17) is 4.74 Å². The second-order valence-corrected chi connectivity index (χ2v) is 6.38. The maximum Gasteiger partial charge on any atom is 0.122 e. The molecule has 1 saturated carbocycles. The lowest BCUT2D eigenvalue weighted by Gasteiger charge is -2.23. The predicted molar refractivity (Wildman–Crippen MR) is 77.1 cm³/mol. The van der Waals surface area contributed by atoms with Gasteiger partial charge >= 0.3 is 0 Å². The molecule has 98 valence electrons. The highest BCUT2D eigenvalue weighted by Gasteiger charge is 2.25. The van der Waals surface area contributed by atoms with Crippen LogP contribution in [0.4, 0.5) is 0 Å². The lowest BCUT2D eigenvalue weighted by atomic mass is 9.90. The zero-order chi connectivity index (χ0) is 12.4. The molecule has 1 heterocycles. The van der Waals surface area contributed by atoms with Crippen molar-refractivity contribution in [2.45, 2.75) is 38.2 Å². The van der Waals surface area contributed by atoms with Crippen molar-refractivity contribution < 1.29 is 4.74 Å². The fourth-order valence-electron chi connectivity index (χ4n) is 2.58. The SMILES string of the molecule is Brc1ccc(OC2CC2)c(CC2CCNCC2)c1. The minimum Gasteiger partial charge on any atom is -0.490 e. The number of rotatable bonds is 4. The van der Waals surface area contributed by atoms with E-state index in [9.17, 15) is 0 Å². The molecule has 2 aliphatic rings. The van der Waals surface area contributed by atoms with Crippen molar-refractivity contribution >= 4 is 15.9 Å². The monoisotopic (exact) mass is 309 g/mol. The van der Waals surface area contributed by atoms with Crippen molar-refractivity contribution in [1.29, 1.82) is 0 Å². The lowest BCUT2D eigenvalue weighted by molar-refractivity contribution is 0.295. The van der Waals surface area contributed by atoms with Gasteiger partial charge in [0, 0.05) is 4.47 Å². The maximum atomic E-state index is 6.02. The van der Waals surface area contributed by atoms with Crippen LogP contribution < -0.4 is 10.1 Å². The van der Waals surface area contributed by atoms with E-state index in [2.05, 4.69) is 39.4 Å². The zero-order valence-corrected chi connectivity index (χ0v) is 12.2. The Bertz CT molecular complexity index is 411. The van der Waals surface area contributed by atoms with Crippen LogP contribution in [0.25, 0.3) is 0 Å². The predicted octanol–water partition coefficient (Wildman–Crippen LogP) is 3.53. The highest BCUT2D eigenvalue weighted by Crippen LogP contribution is 2.33. The van der Waals surface area contributed by atoms with Crippen molar-refractivity contribution in [1.82, 2.24) is 5.32 Å². The third-order valence-corrected chi connectivity index (χ3v) is 4.30. The Morgan fingerprint density at radius 1 is 1.17 bits per heavy atom. The topological polar surface area (TPSA) is 21.3 Å². The van der Waals surface area contributed by atoms with Crippen LogP contribution in [0.5, 0.6) is 5.75 Å². The van der Waals surface area contributed by atoms with Crippen molar-refractivity contribution in [3.63, 3.8) is 0 Å². The van der Waals surface area contributed by atoms with E-state index in [0.29, 0.717) is 6.10 Å². The first-order valence-electron chi connectivity index (χ1n) is 6.97. The molecule has 0 bridgehead atoms. The Morgan fingerprint density at radius 3 is 2.67 bits per heavy atom. The minimum atomic E-state index is 0.484. The molecule has 0 atom stereocenters. The average Bonchev–Trinajstić information content (AvgIpc) is 3.18. The van der Waals surface area contributed by atoms with Gasteiger partial charge in [0.05, 0.1) is 6.10 Å². The van der Waals surface area contributed by atoms with Gasteiger partial charge in [-0.15, -0.1) is 0 Å². The van der Waals surface area contributed by atoms with Crippen molar-refractivity contribution in [2.24, 2.45) is 5.92 Å². The molecule has 0 amide bonds. The van der Waals surface area contributed by atoms with Gasteiger partial charge in [0.15, 0.2) is 0 Å². The Hall–Kier alpha value is -0.540. The second kappa shape index (κ2) is 5.62. The summed E-state index contributed by atoms with van der Waals surface area (Å²) < 4.78 is 7.18. The summed E-state index contributed by atoms with van der Waals surface area (Å²) >= 11 is 3.58. The Kier molecular flexibility index (Phi) is 3.90. The third kappa shape index (κ3) is 3.27. The fraction of sp³-hybridized carbons (Fsp3) is 0.600. The molecule has 0 radical (unpaired) electrons. The van der Waals surface area contributed by atoms with Crippen molar-refractivity contribution in [3.8, 4) is 5.75 Å². The van der Waals surface area contributed by atoms with Crippen molar-refractivity contribution in [3.05, 3.63) is 28.2 Å². The third-order valence-electron chi connectivity index (χ3n) is 3.81. The van der Waals surface area contributed by atoms with E-state index < -0.39 is 0 Å². The molecule has 0 unspecified atom stereocenters. The average molecular weight is 310 g/mol. The summed E-state index contributed by atoms with van der Waals surface area (Å²) in [5.41, 5.74) is 1.38. The summed E-state index contributed by atoms with van der Waals surface area (Å²) in [7, 11) is 0. The Morgan fingerprint density at radius 2 is 1.94 bits per heavy atom. The highest BCUT2D eigenvalue weighted by atomic mass is 79.9. The molecule has 1 aliphatic heterocycles. The smallest absolute Gasteiger partial charge is 0.122 e. The number of piperidine rings is 1. The number of nitrogens with one attached hydrogen (secondary N) is 1. The van der Waals surface area contributed by atoms with Gasteiger partial charge < -0.3 is 10.1 Å². The Labute approximate surface area is 117 Å². The molecule has 2 nitrogen and oxygen atoms in total.